The van der Waals surface area contributed by atoms with E-state index in [1.54, 1.807) is 12.1 Å². The second kappa shape index (κ2) is 5.84. The maximum Gasteiger partial charge on any atom is 0.259 e. The minimum atomic E-state index is -0.663. The second-order valence-electron chi connectivity index (χ2n) is 4.15. The number of hydrogen-bond donors (Lipinski definition) is 3. The molecule has 0 radical (unpaired) electrons. The number of nitrogens with zero attached hydrogens (tertiary/aromatic N) is 1. The number of para-hydroxylation sites is 1. The molecular weight excluding hydrogens is 272 g/mol. The van der Waals surface area contributed by atoms with Gasteiger partial charge in [0.2, 0.25) is 0 Å². The Bertz CT molecular complexity index is 735. The monoisotopic (exact) mass is 284 g/mol. The third kappa shape index (κ3) is 2.87. The average molecular weight is 284 g/mol. The lowest BCUT2D eigenvalue weighted by molar-refractivity contribution is 0.102. The summed E-state index contributed by atoms with van der Waals surface area (Å²) in [5, 5.41) is 30.6. The van der Waals surface area contributed by atoms with Gasteiger partial charge in [-0.25, -0.2) is 0 Å². The Kier molecular flexibility index (Phi) is 3.95. The van der Waals surface area contributed by atoms with Gasteiger partial charge in [0.1, 0.15) is 29.0 Å². The summed E-state index contributed by atoms with van der Waals surface area (Å²) in [5.41, 5.74) is 0.322. The van der Waals surface area contributed by atoms with Crippen molar-refractivity contribution in [2.24, 2.45) is 0 Å². The molecule has 0 heterocycles. The zero-order chi connectivity index (χ0) is 15.4. The van der Waals surface area contributed by atoms with Crippen LogP contribution in [0, 0.1) is 11.3 Å². The van der Waals surface area contributed by atoms with Crippen molar-refractivity contribution in [2.45, 2.75) is 0 Å². The van der Waals surface area contributed by atoms with Crippen LogP contribution in [-0.4, -0.2) is 23.2 Å². The molecule has 6 heteroatoms. The van der Waals surface area contributed by atoms with Crippen LogP contribution in [0.4, 0.5) is 5.69 Å². The minimum absolute atomic E-state index is 0.107. The summed E-state index contributed by atoms with van der Waals surface area (Å²) >= 11 is 0. The molecule has 0 saturated heterocycles. The number of anilines is 1. The highest BCUT2D eigenvalue weighted by Gasteiger charge is 2.16. The Morgan fingerprint density at radius 2 is 2.05 bits per heavy atom. The number of phenolic OH excluding ortho intramolecular Hbond substituents is 2. The Labute approximate surface area is 120 Å². The van der Waals surface area contributed by atoms with Gasteiger partial charge in [-0.2, -0.15) is 5.26 Å². The summed E-state index contributed by atoms with van der Waals surface area (Å²) in [7, 11) is 1.41. The molecule has 0 unspecified atom stereocenters. The van der Waals surface area contributed by atoms with Crippen LogP contribution in [-0.2, 0) is 0 Å². The Morgan fingerprint density at radius 3 is 2.71 bits per heavy atom. The zero-order valence-corrected chi connectivity index (χ0v) is 11.1. The van der Waals surface area contributed by atoms with Crippen molar-refractivity contribution in [1.82, 2.24) is 0 Å². The van der Waals surface area contributed by atoms with Gasteiger partial charge in [-0.15, -0.1) is 0 Å². The van der Waals surface area contributed by atoms with E-state index in [9.17, 15) is 15.0 Å². The van der Waals surface area contributed by atoms with Crippen molar-refractivity contribution < 1.29 is 19.7 Å². The van der Waals surface area contributed by atoms with E-state index < -0.39 is 5.91 Å². The number of carbonyl (C=O) groups excluding carboxylic acids is 1. The lowest BCUT2D eigenvalue weighted by atomic mass is 10.1. The van der Waals surface area contributed by atoms with Gasteiger partial charge >= 0.3 is 0 Å². The fourth-order valence-corrected chi connectivity index (χ4v) is 1.81. The molecule has 21 heavy (non-hydrogen) atoms. The second-order valence-corrected chi connectivity index (χ2v) is 4.15. The van der Waals surface area contributed by atoms with Crippen LogP contribution in [0.3, 0.4) is 0 Å². The number of hydrogen-bond acceptors (Lipinski definition) is 5. The van der Waals surface area contributed by atoms with E-state index in [4.69, 9.17) is 10.00 Å². The fourth-order valence-electron chi connectivity index (χ4n) is 1.81. The molecular formula is C15H12N2O4. The number of aromatic hydroxyl groups is 2. The first-order valence-corrected chi connectivity index (χ1v) is 5.97. The van der Waals surface area contributed by atoms with Gasteiger partial charge in [0, 0.05) is 0 Å². The Hall–Kier alpha value is -3.20. The maximum atomic E-state index is 12.2. The van der Waals surface area contributed by atoms with Crippen LogP contribution >= 0.6 is 0 Å². The molecule has 0 aliphatic heterocycles. The minimum Gasteiger partial charge on any atom is -0.508 e. The maximum absolute atomic E-state index is 12.2. The number of amides is 1. The highest BCUT2D eigenvalue weighted by molar-refractivity contribution is 6.07. The topological polar surface area (TPSA) is 103 Å². The number of carbonyl (C=O) groups is 1. The van der Waals surface area contributed by atoms with Gasteiger partial charge in [0.25, 0.3) is 5.91 Å². The molecule has 1 amide bonds. The first-order chi connectivity index (χ1) is 10.1. The van der Waals surface area contributed by atoms with Crippen LogP contribution in [0.2, 0.25) is 0 Å². The summed E-state index contributed by atoms with van der Waals surface area (Å²) in [6, 6.07) is 10.3. The first-order valence-electron chi connectivity index (χ1n) is 5.97. The fraction of sp³-hybridized carbons (Fsp3) is 0.0667. The predicted molar refractivity (Wildman–Crippen MR) is 75.4 cm³/mol. The smallest absolute Gasteiger partial charge is 0.259 e. The van der Waals surface area contributed by atoms with Crippen LogP contribution in [0.25, 0.3) is 0 Å². The summed E-state index contributed by atoms with van der Waals surface area (Å²) in [6.07, 6.45) is 0. The molecule has 2 rings (SSSR count). The normalized spacial score (nSPS) is 9.71. The molecule has 0 aliphatic carbocycles. The molecule has 2 aromatic carbocycles. The first kappa shape index (κ1) is 14.2. The lowest BCUT2D eigenvalue weighted by Crippen LogP contribution is -2.14. The van der Waals surface area contributed by atoms with Crippen molar-refractivity contribution >= 4 is 11.6 Å². The van der Waals surface area contributed by atoms with Gasteiger partial charge in [0.15, 0.2) is 0 Å². The average Bonchev–Trinajstić information content (AvgIpc) is 2.49. The summed E-state index contributed by atoms with van der Waals surface area (Å²) in [4.78, 5) is 12.2. The number of phenols is 2. The van der Waals surface area contributed by atoms with Crippen molar-refractivity contribution in [2.75, 3.05) is 12.4 Å². The predicted octanol–water partition coefficient (Wildman–Crippen LogP) is 2.23. The Morgan fingerprint density at radius 1 is 1.29 bits per heavy atom. The van der Waals surface area contributed by atoms with Crippen molar-refractivity contribution in [3.05, 3.63) is 47.5 Å². The van der Waals surface area contributed by atoms with Crippen LogP contribution in [0.5, 0.6) is 17.2 Å². The number of rotatable bonds is 3. The molecule has 3 N–H and O–H groups in total. The molecule has 0 spiro atoms. The van der Waals surface area contributed by atoms with Gasteiger partial charge < -0.3 is 20.3 Å². The molecule has 0 atom stereocenters. The van der Waals surface area contributed by atoms with Gasteiger partial charge in [-0.1, -0.05) is 6.07 Å². The molecule has 0 aliphatic rings. The molecule has 0 aromatic heterocycles. The van der Waals surface area contributed by atoms with E-state index in [0.29, 0.717) is 5.75 Å². The van der Waals surface area contributed by atoms with Gasteiger partial charge in [-0.3, -0.25) is 4.79 Å². The third-order valence-electron chi connectivity index (χ3n) is 2.83. The standard InChI is InChI=1S/C15H12N2O4/c1-21-13-4-2-3-9(8-16)14(13)17-15(20)11-7-10(18)5-6-12(11)19/h2-7,18-19H,1H3,(H,17,20). The SMILES string of the molecule is COc1cccc(C#N)c1NC(=O)c1cc(O)ccc1O. The van der Waals surface area contributed by atoms with Crippen LogP contribution in [0.1, 0.15) is 15.9 Å². The number of nitriles is 1. The molecule has 106 valence electrons. The largest absolute Gasteiger partial charge is 0.508 e. The quantitative estimate of drug-likeness (QED) is 0.750. The zero-order valence-electron chi connectivity index (χ0n) is 11.1. The molecule has 6 nitrogen and oxygen atoms in total. The van der Waals surface area contributed by atoms with Crippen molar-refractivity contribution in [1.29, 1.82) is 5.26 Å². The van der Waals surface area contributed by atoms with E-state index in [-0.39, 0.29) is 28.3 Å². The number of benzene rings is 2. The highest BCUT2D eigenvalue weighted by Crippen LogP contribution is 2.30. The van der Waals surface area contributed by atoms with E-state index in [2.05, 4.69) is 5.32 Å². The molecule has 0 bridgehead atoms. The van der Waals surface area contributed by atoms with Gasteiger partial charge in [0.05, 0.1) is 18.2 Å². The van der Waals surface area contributed by atoms with Gasteiger partial charge in [-0.05, 0) is 30.3 Å². The van der Waals surface area contributed by atoms with E-state index in [1.165, 1.54) is 25.3 Å². The number of nitrogens with one attached hydrogen (secondary N) is 1. The Balaban J connectivity index is 2.41. The molecule has 0 fully saturated rings. The van der Waals surface area contributed by atoms with Crippen LogP contribution < -0.4 is 10.1 Å². The molecule has 0 saturated carbocycles. The van der Waals surface area contributed by atoms with Crippen LogP contribution in [0.15, 0.2) is 36.4 Å². The van der Waals surface area contributed by atoms with Crippen molar-refractivity contribution in [3.8, 4) is 23.3 Å². The van der Waals surface area contributed by atoms with E-state index >= 15 is 0 Å². The summed E-state index contributed by atoms with van der Waals surface area (Å²) in [6.45, 7) is 0. The van der Waals surface area contributed by atoms with E-state index in [0.717, 1.165) is 6.07 Å². The third-order valence-corrected chi connectivity index (χ3v) is 2.83. The highest BCUT2D eigenvalue weighted by atomic mass is 16.5. The van der Waals surface area contributed by atoms with Crippen molar-refractivity contribution in [3.63, 3.8) is 0 Å². The van der Waals surface area contributed by atoms with E-state index in [1.807, 2.05) is 6.07 Å². The lowest BCUT2D eigenvalue weighted by Gasteiger charge is -2.12. The summed E-state index contributed by atoms with van der Waals surface area (Å²) in [5.74, 6) is -0.774. The number of methoxy groups -OCH3 is 1. The summed E-state index contributed by atoms with van der Waals surface area (Å²) < 4.78 is 5.10. The molecule has 2 aromatic rings. The number of ether oxygens (including phenoxy) is 1.